The van der Waals surface area contributed by atoms with E-state index in [2.05, 4.69) is 6.92 Å². The van der Waals surface area contributed by atoms with Gasteiger partial charge in [-0.2, -0.15) is 0 Å². The number of hydrogen-bond acceptors (Lipinski definition) is 3. The lowest BCUT2D eigenvalue weighted by atomic mass is 9.89. The molecule has 0 amide bonds. The van der Waals surface area contributed by atoms with E-state index < -0.39 is 12.1 Å². The highest BCUT2D eigenvalue weighted by Crippen LogP contribution is 2.34. The highest BCUT2D eigenvalue weighted by atomic mass is 16.4. The van der Waals surface area contributed by atoms with Gasteiger partial charge in [0.15, 0.2) is 0 Å². The van der Waals surface area contributed by atoms with E-state index in [1.54, 1.807) is 0 Å². The molecule has 0 aromatic rings. The quantitative estimate of drug-likeness (QED) is 0.450. The number of Topliss-reactive ketones (excluding diaryl/α,β-unsaturated/α-hetero) is 1. The van der Waals surface area contributed by atoms with Crippen LogP contribution in [0.2, 0.25) is 0 Å². The van der Waals surface area contributed by atoms with Crippen LogP contribution in [0.5, 0.6) is 0 Å². The highest BCUT2D eigenvalue weighted by molar-refractivity contribution is 5.83. The second-order valence-corrected chi connectivity index (χ2v) is 6.36. The SMILES string of the molecule is CCCCC(O)C=CC1CCC(=O)C1CCCCCC(=O)O. The van der Waals surface area contributed by atoms with Crippen LogP contribution in [0.1, 0.15) is 71.1 Å². The minimum absolute atomic E-state index is 0.0689. The van der Waals surface area contributed by atoms with Crippen LogP contribution in [0, 0.1) is 11.8 Å². The lowest BCUT2D eigenvalue weighted by Crippen LogP contribution is -2.14. The Hall–Kier alpha value is -1.16. The summed E-state index contributed by atoms with van der Waals surface area (Å²) in [4.78, 5) is 22.4. The van der Waals surface area contributed by atoms with Gasteiger partial charge >= 0.3 is 5.97 Å². The van der Waals surface area contributed by atoms with Crippen LogP contribution in [0.15, 0.2) is 12.2 Å². The summed E-state index contributed by atoms with van der Waals surface area (Å²) < 4.78 is 0. The first-order chi connectivity index (χ1) is 10.5. The van der Waals surface area contributed by atoms with Gasteiger partial charge in [0.25, 0.3) is 0 Å². The van der Waals surface area contributed by atoms with Gasteiger partial charge in [0.2, 0.25) is 0 Å². The van der Waals surface area contributed by atoms with Gasteiger partial charge in [0, 0.05) is 18.8 Å². The Balaban J connectivity index is 2.34. The Kier molecular flexibility index (Phi) is 9.05. The number of carboxylic acid groups (broad SMARTS) is 1. The zero-order valence-electron chi connectivity index (χ0n) is 13.7. The van der Waals surface area contributed by atoms with Crippen LogP contribution in [-0.2, 0) is 9.59 Å². The maximum absolute atomic E-state index is 12.0. The van der Waals surface area contributed by atoms with Gasteiger partial charge in [-0.3, -0.25) is 9.59 Å². The van der Waals surface area contributed by atoms with Crippen molar-refractivity contribution in [3.63, 3.8) is 0 Å². The smallest absolute Gasteiger partial charge is 0.303 e. The largest absolute Gasteiger partial charge is 0.481 e. The Morgan fingerprint density at radius 2 is 2.09 bits per heavy atom. The number of aliphatic hydroxyl groups is 1. The van der Waals surface area contributed by atoms with Crippen LogP contribution in [-0.4, -0.2) is 28.1 Å². The first-order valence-corrected chi connectivity index (χ1v) is 8.65. The molecular formula is C18H30O4. The second-order valence-electron chi connectivity index (χ2n) is 6.36. The van der Waals surface area contributed by atoms with Gasteiger partial charge in [0.1, 0.15) is 5.78 Å². The normalized spacial score (nSPS) is 23.3. The molecule has 0 radical (unpaired) electrons. The fourth-order valence-electron chi connectivity index (χ4n) is 3.14. The topological polar surface area (TPSA) is 74.6 Å². The van der Waals surface area contributed by atoms with Gasteiger partial charge in [-0.1, -0.05) is 44.8 Å². The Labute approximate surface area is 133 Å². The van der Waals surface area contributed by atoms with Crippen molar-refractivity contribution >= 4 is 11.8 Å². The third-order valence-corrected chi connectivity index (χ3v) is 4.49. The zero-order chi connectivity index (χ0) is 16.4. The van der Waals surface area contributed by atoms with Crippen molar-refractivity contribution in [2.24, 2.45) is 11.8 Å². The monoisotopic (exact) mass is 310 g/mol. The maximum Gasteiger partial charge on any atom is 0.303 e. The summed E-state index contributed by atoms with van der Waals surface area (Å²) in [6, 6.07) is 0. The predicted octanol–water partition coefficient (Wildman–Crippen LogP) is 3.72. The summed E-state index contributed by atoms with van der Waals surface area (Å²) in [5.41, 5.74) is 0. The molecule has 22 heavy (non-hydrogen) atoms. The van der Waals surface area contributed by atoms with Crippen LogP contribution < -0.4 is 0 Å². The molecule has 2 N–H and O–H groups in total. The summed E-state index contributed by atoms with van der Waals surface area (Å²) in [6.07, 6.45) is 11.4. The summed E-state index contributed by atoms with van der Waals surface area (Å²) in [5, 5.41) is 18.5. The zero-order valence-corrected chi connectivity index (χ0v) is 13.7. The average Bonchev–Trinajstić information content (AvgIpc) is 2.83. The van der Waals surface area contributed by atoms with E-state index in [0.717, 1.165) is 44.9 Å². The van der Waals surface area contributed by atoms with E-state index >= 15 is 0 Å². The van der Waals surface area contributed by atoms with Crippen molar-refractivity contribution in [2.45, 2.75) is 77.2 Å². The van der Waals surface area contributed by atoms with Gasteiger partial charge in [0.05, 0.1) is 6.10 Å². The third-order valence-electron chi connectivity index (χ3n) is 4.49. The number of unbranched alkanes of at least 4 members (excludes halogenated alkanes) is 3. The van der Waals surface area contributed by atoms with E-state index in [-0.39, 0.29) is 18.3 Å². The van der Waals surface area contributed by atoms with Crippen molar-refractivity contribution in [2.75, 3.05) is 0 Å². The van der Waals surface area contributed by atoms with E-state index in [1.165, 1.54) is 0 Å². The van der Waals surface area contributed by atoms with E-state index in [0.29, 0.717) is 18.6 Å². The van der Waals surface area contributed by atoms with Gasteiger partial charge in [-0.25, -0.2) is 0 Å². The van der Waals surface area contributed by atoms with Crippen LogP contribution >= 0.6 is 0 Å². The average molecular weight is 310 g/mol. The molecule has 3 unspecified atom stereocenters. The molecule has 126 valence electrons. The van der Waals surface area contributed by atoms with E-state index in [4.69, 9.17) is 5.11 Å². The standard InChI is InChI=1S/C18H30O4/c1-2-3-7-15(19)12-10-14-11-13-17(20)16(14)8-5-4-6-9-18(21)22/h10,12,14-16,19H,2-9,11,13H2,1H3,(H,21,22). The molecule has 1 aliphatic rings. The Bertz CT molecular complexity index is 375. The fourth-order valence-corrected chi connectivity index (χ4v) is 3.14. The number of carbonyl (C=O) groups excluding carboxylic acids is 1. The molecule has 4 heteroatoms. The fraction of sp³-hybridized carbons (Fsp3) is 0.778. The Morgan fingerprint density at radius 3 is 2.77 bits per heavy atom. The maximum atomic E-state index is 12.0. The van der Waals surface area contributed by atoms with Crippen LogP contribution in [0.25, 0.3) is 0 Å². The summed E-state index contributed by atoms with van der Waals surface area (Å²) in [6.45, 7) is 2.10. The lowest BCUT2D eigenvalue weighted by molar-refractivity contribution is -0.137. The van der Waals surface area contributed by atoms with Crippen molar-refractivity contribution in [3.8, 4) is 0 Å². The number of carboxylic acids is 1. The molecule has 1 saturated carbocycles. The number of hydrogen-bond donors (Lipinski definition) is 2. The van der Waals surface area contributed by atoms with Crippen molar-refractivity contribution in [3.05, 3.63) is 12.2 Å². The lowest BCUT2D eigenvalue weighted by Gasteiger charge is -2.15. The van der Waals surface area contributed by atoms with Crippen molar-refractivity contribution in [1.29, 1.82) is 0 Å². The van der Waals surface area contributed by atoms with Gasteiger partial charge < -0.3 is 10.2 Å². The molecule has 1 fully saturated rings. The molecule has 4 nitrogen and oxygen atoms in total. The number of ketones is 1. The molecule has 0 saturated heterocycles. The highest BCUT2D eigenvalue weighted by Gasteiger charge is 2.32. The van der Waals surface area contributed by atoms with Crippen LogP contribution in [0.4, 0.5) is 0 Å². The molecule has 0 aromatic carbocycles. The Morgan fingerprint density at radius 1 is 1.32 bits per heavy atom. The van der Waals surface area contributed by atoms with Crippen molar-refractivity contribution < 1.29 is 19.8 Å². The first kappa shape index (κ1) is 18.9. The molecule has 0 bridgehead atoms. The first-order valence-electron chi connectivity index (χ1n) is 8.65. The van der Waals surface area contributed by atoms with Crippen LogP contribution in [0.3, 0.4) is 0 Å². The molecule has 1 rings (SSSR count). The number of aliphatic hydroxyl groups excluding tert-OH is 1. The number of allylic oxidation sites excluding steroid dienone is 1. The molecule has 1 aliphatic carbocycles. The second kappa shape index (κ2) is 10.5. The molecule has 0 spiro atoms. The summed E-state index contributed by atoms with van der Waals surface area (Å²) in [5.74, 6) is -0.0996. The minimum Gasteiger partial charge on any atom is -0.481 e. The van der Waals surface area contributed by atoms with Crippen molar-refractivity contribution in [1.82, 2.24) is 0 Å². The van der Waals surface area contributed by atoms with E-state index in [1.807, 2.05) is 12.2 Å². The number of rotatable bonds is 11. The van der Waals surface area contributed by atoms with E-state index in [9.17, 15) is 14.7 Å². The summed E-state index contributed by atoms with van der Waals surface area (Å²) in [7, 11) is 0. The number of carbonyl (C=O) groups is 2. The molecule has 0 aliphatic heterocycles. The third kappa shape index (κ3) is 7.21. The number of aliphatic carboxylic acids is 1. The molecule has 0 aromatic heterocycles. The van der Waals surface area contributed by atoms with Gasteiger partial charge in [-0.05, 0) is 31.6 Å². The van der Waals surface area contributed by atoms with Gasteiger partial charge in [-0.15, -0.1) is 0 Å². The predicted molar refractivity (Wildman–Crippen MR) is 86.6 cm³/mol. The minimum atomic E-state index is -0.751. The molecular weight excluding hydrogens is 280 g/mol. The molecule has 3 atom stereocenters. The summed E-state index contributed by atoms with van der Waals surface area (Å²) >= 11 is 0. The molecule has 0 heterocycles.